The third kappa shape index (κ3) is 4.46. The minimum atomic E-state index is -0.659. The molecule has 1 fully saturated rings. The topological polar surface area (TPSA) is 93.4 Å². The van der Waals surface area contributed by atoms with Crippen LogP contribution in [0.2, 0.25) is 0 Å². The average Bonchev–Trinajstić information content (AvgIpc) is 2.19. The van der Waals surface area contributed by atoms with Crippen molar-refractivity contribution in [2.75, 3.05) is 19.7 Å². The fraction of sp³-hybridized carbons (Fsp3) is 0.750. The van der Waals surface area contributed by atoms with Crippen LogP contribution in [0.3, 0.4) is 0 Å². The molecular weight excluding hydrogens is 222 g/mol. The van der Waals surface area contributed by atoms with Crippen LogP contribution in [-0.4, -0.2) is 43.7 Å². The fourth-order valence-electron chi connectivity index (χ4n) is 1.11. The van der Waals surface area contributed by atoms with Gasteiger partial charge in [-0.3, -0.25) is 9.59 Å². The Hall–Kier alpha value is -0.850. The van der Waals surface area contributed by atoms with E-state index in [9.17, 15) is 9.59 Å². The SMILES string of the molecule is C[C@H](NC(=O)[C@H]1CNCCO1)C(N)=O.Cl. The van der Waals surface area contributed by atoms with Gasteiger partial charge in [-0.1, -0.05) is 0 Å². The molecule has 0 spiro atoms. The van der Waals surface area contributed by atoms with Crippen LogP contribution in [0.5, 0.6) is 0 Å². The molecule has 4 N–H and O–H groups in total. The highest BCUT2D eigenvalue weighted by Gasteiger charge is 2.23. The number of carbonyl (C=O) groups excluding carboxylic acids is 2. The Morgan fingerprint density at radius 3 is 2.73 bits per heavy atom. The van der Waals surface area contributed by atoms with E-state index in [-0.39, 0.29) is 18.3 Å². The van der Waals surface area contributed by atoms with E-state index in [0.717, 1.165) is 6.54 Å². The number of carbonyl (C=O) groups is 2. The Balaban J connectivity index is 0.00000196. The van der Waals surface area contributed by atoms with Crippen LogP contribution >= 0.6 is 12.4 Å². The number of nitrogens with one attached hydrogen (secondary N) is 2. The van der Waals surface area contributed by atoms with Crippen LogP contribution < -0.4 is 16.4 Å². The van der Waals surface area contributed by atoms with E-state index in [1.54, 1.807) is 0 Å². The molecule has 1 rings (SSSR count). The van der Waals surface area contributed by atoms with Gasteiger partial charge < -0.3 is 21.1 Å². The number of hydrogen-bond donors (Lipinski definition) is 3. The standard InChI is InChI=1S/C8H15N3O3.ClH/c1-5(7(9)12)11-8(13)6-4-10-2-3-14-6;/h5-6,10H,2-4H2,1H3,(H2,9,12)(H,11,13);1H/t5-,6+;/m0./s1. The molecule has 0 aromatic heterocycles. The van der Waals surface area contributed by atoms with Gasteiger partial charge in [0.2, 0.25) is 5.91 Å². The molecular formula is C8H16ClN3O3. The molecule has 0 saturated carbocycles. The first-order chi connectivity index (χ1) is 6.61. The summed E-state index contributed by atoms with van der Waals surface area (Å²) in [5, 5.41) is 5.49. The smallest absolute Gasteiger partial charge is 0.251 e. The number of ether oxygens (including phenoxy) is 1. The first kappa shape index (κ1) is 14.2. The average molecular weight is 238 g/mol. The molecule has 0 aliphatic carbocycles. The van der Waals surface area contributed by atoms with Crippen molar-refractivity contribution in [2.45, 2.75) is 19.1 Å². The first-order valence-electron chi connectivity index (χ1n) is 4.53. The number of rotatable bonds is 3. The van der Waals surface area contributed by atoms with Crippen molar-refractivity contribution >= 4 is 24.2 Å². The van der Waals surface area contributed by atoms with E-state index in [2.05, 4.69) is 10.6 Å². The summed E-state index contributed by atoms with van der Waals surface area (Å²) in [5.41, 5.74) is 5.00. The van der Waals surface area contributed by atoms with Gasteiger partial charge in [-0.05, 0) is 6.92 Å². The van der Waals surface area contributed by atoms with Gasteiger partial charge in [0.05, 0.1) is 6.61 Å². The molecule has 1 saturated heterocycles. The highest BCUT2D eigenvalue weighted by atomic mass is 35.5. The van der Waals surface area contributed by atoms with E-state index in [0.29, 0.717) is 13.2 Å². The van der Waals surface area contributed by atoms with Crippen LogP contribution in [0.15, 0.2) is 0 Å². The summed E-state index contributed by atoms with van der Waals surface area (Å²) in [7, 11) is 0. The molecule has 15 heavy (non-hydrogen) atoms. The van der Waals surface area contributed by atoms with Gasteiger partial charge >= 0.3 is 0 Å². The lowest BCUT2D eigenvalue weighted by atomic mass is 10.2. The van der Waals surface area contributed by atoms with Gasteiger partial charge in [0.1, 0.15) is 12.1 Å². The second kappa shape index (κ2) is 6.60. The lowest BCUT2D eigenvalue weighted by Gasteiger charge is -2.23. The highest BCUT2D eigenvalue weighted by Crippen LogP contribution is 1.96. The first-order valence-corrected chi connectivity index (χ1v) is 4.53. The van der Waals surface area contributed by atoms with Gasteiger partial charge in [-0.15, -0.1) is 12.4 Å². The van der Waals surface area contributed by atoms with Gasteiger partial charge in [0.25, 0.3) is 5.91 Å². The van der Waals surface area contributed by atoms with Crippen molar-refractivity contribution in [1.29, 1.82) is 0 Å². The number of primary amides is 1. The van der Waals surface area contributed by atoms with E-state index in [1.807, 2.05) is 0 Å². The second-order valence-corrected chi connectivity index (χ2v) is 3.20. The molecule has 7 heteroatoms. The molecule has 0 aromatic rings. The van der Waals surface area contributed by atoms with Crippen LogP contribution in [-0.2, 0) is 14.3 Å². The Bertz CT molecular complexity index is 231. The molecule has 88 valence electrons. The highest BCUT2D eigenvalue weighted by molar-refractivity contribution is 5.88. The lowest BCUT2D eigenvalue weighted by molar-refractivity contribution is -0.137. The van der Waals surface area contributed by atoms with E-state index in [4.69, 9.17) is 10.5 Å². The van der Waals surface area contributed by atoms with Gasteiger partial charge in [-0.2, -0.15) is 0 Å². The van der Waals surface area contributed by atoms with Crippen LogP contribution in [0.25, 0.3) is 0 Å². The predicted octanol–water partition coefficient (Wildman–Crippen LogP) is -1.61. The number of halogens is 1. The molecule has 0 unspecified atom stereocenters. The minimum Gasteiger partial charge on any atom is -0.368 e. The Kier molecular flexibility index (Phi) is 6.23. The summed E-state index contributed by atoms with van der Waals surface area (Å²) in [5.74, 6) is -0.856. The van der Waals surface area contributed by atoms with E-state index < -0.39 is 18.1 Å². The summed E-state index contributed by atoms with van der Waals surface area (Å²) in [6.45, 7) is 3.26. The van der Waals surface area contributed by atoms with Crippen molar-refractivity contribution in [3.63, 3.8) is 0 Å². The predicted molar refractivity (Wildman–Crippen MR) is 56.7 cm³/mol. The van der Waals surface area contributed by atoms with Gasteiger partial charge in [0.15, 0.2) is 0 Å². The molecule has 6 nitrogen and oxygen atoms in total. The number of nitrogens with two attached hydrogens (primary N) is 1. The number of morpholine rings is 1. The minimum absolute atomic E-state index is 0. The number of amides is 2. The van der Waals surface area contributed by atoms with Crippen LogP contribution in [0.1, 0.15) is 6.92 Å². The summed E-state index contributed by atoms with van der Waals surface area (Å²) >= 11 is 0. The number of hydrogen-bond acceptors (Lipinski definition) is 4. The van der Waals surface area contributed by atoms with Crippen molar-refractivity contribution < 1.29 is 14.3 Å². The van der Waals surface area contributed by atoms with Gasteiger partial charge in [0, 0.05) is 13.1 Å². The van der Waals surface area contributed by atoms with Crippen molar-refractivity contribution in [3.8, 4) is 0 Å². The zero-order valence-electron chi connectivity index (χ0n) is 8.49. The van der Waals surface area contributed by atoms with Crippen LogP contribution in [0, 0.1) is 0 Å². The Morgan fingerprint density at radius 2 is 2.27 bits per heavy atom. The summed E-state index contributed by atoms with van der Waals surface area (Å²) in [4.78, 5) is 22.1. The molecule has 0 aromatic carbocycles. The molecule has 2 amide bonds. The molecule has 1 aliphatic rings. The lowest BCUT2D eigenvalue weighted by Crippen LogP contribution is -2.52. The zero-order valence-corrected chi connectivity index (χ0v) is 9.30. The normalized spacial score (nSPS) is 22.3. The zero-order chi connectivity index (χ0) is 10.6. The third-order valence-corrected chi connectivity index (χ3v) is 2.01. The Morgan fingerprint density at radius 1 is 1.60 bits per heavy atom. The van der Waals surface area contributed by atoms with E-state index in [1.165, 1.54) is 6.92 Å². The molecule has 1 heterocycles. The Labute approximate surface area is 94.3 Å². The third-order valence-electron chi connectivity index (χ3n) is 2.01. The van der Waals surface area contributed by atoms with Crippen LogP contribution in [0.4, 0.5) is 0 Å². The van der Waals surface area contributed by atoms with Crippen molar-refractivity contribution in [1.82, 2.24) is 10.6 Å². The second-order valence-electron chi connectivity index (χ2n) is 3.20. The summed E-state index contributed by atoms with van der Waals surface area (Å²) < 4.78 is 5.19. The summed E-state index contributed by atoms with van der Waals surface area (Å²) in [6, 6.07) is -0.659. The maximum atomic E-state index is 11.4. The fourth-order valence-corrected chi connectivity index (χ4v) is 1.11. The molecule has 0 bridgehead atoms. The van der Waals surface area contributed by atoms with Gasteiger partial charge in [-0.25, -0.2) is 0 Å². The largest absolute Gasteiger partial charge is 0.368 e. The molecule has 1 aliphatic heterocycles. The molecule has 2 atom stereocenters. The quantitative estimate of drug-likeness (QED) is 0.550. The monoisotopic (exact) mass is 237 g/mol. The van der Waals surface area contributed by atoms with E-state index >= 15 is 0 Å². The maximum Gasteiger partial charge on any atom is 0.251 e. The molecule has 0 radical (unpaired) electrons. The van der Waals surface area contributed by atoms with Crippen molar-refractivity contribution in [3.05, 3.63) is 0 Å². The summed E-state index contributed by atoms with van der Waals surface area (Å²) in [6.07, 6.45) is -0.523. The maximum absolute atomic E-state index is 11.4. The van der Waals surface area contributed by atoms with Crippen molar-refractivity contribution in [2.24, 2.45) is 5.73 Å².